The van der Waals surface area contributed by atoms with Crippen LogP contribution >= 0.6 is 11.3 Å². The number of anilines is 1. The van der Waals surface area contributed by atoms with Crippen molar-refractivity contribution in [3.63, 3.8) is 0 Å². The Hall–Kier alpha value is -3.51. The summed E-state index contributed by atoms with van der Waals surface area (Å²) in [5, 5.41) is 3.66. The van der Waals surface area contributed by atoms with E-state index in [0.29, 0.717) is 27.8 Å². The molecule has 0 atom stereocenters. The summed E-state index contributed by atoms with van der Waals surface area (Å²) < 4.78 is 5.91. The minimum absolute atomic E-state index is 0.221. The summed E-state index contributed by atoms with van der Waals surface area (Å²) in [4.78, 5) is 22.2. The number of amides is 1. The second kappa shape index (κ2) is 8.02. The molecule has 2 aromatic carbocycles. The molecule has 0 aliphatic carbocycles. The first-order valence-corrected chi connectivity index (χ1v) is 9.54. The maximum Gasteiger partial charge on any atom is 0.267 e. The molecule has 1 amide bonds. The largest absolute Gasteiger partial charge is 0.455 e. The van der Waals surface area contributed by atoms with Gasteiger partial charge < -0.3 is 10.1 Å². The second-order valence-corrected chi connectivity index (χ2v) is 7.01. The zero-order chi connectivity index (χ0) is 19.3. The minimum Gasteiger partial charge on any atom is -0.455 e. The van der Waals surface area contributed by atoms with Crippen LogP contribution in [0.5, 0.6) is 11.5 Å². The Morgan fingerprint density at radius 3 is 2.50 bits per heavy atom. The summed E-state index contributed by atoms with van der Waals surface area (Å²) in [5.41, 5.74) is 2.02. The van der Waals surface area contributed by atoms with Crippen LogP contribution in [0.4, 0.5) is 5.69 Å². The summed E-state index contributed by atoms with van der Waals surface area (Å²) in [5.74, 6) is 1.06. The van der Waals surface area contributed by atoms with Crippen molar-refractivity contribution in [2.24, 2.45) is 0 Å². The lowest BCUT2D eigenvalue weighted by molar-refractivity contribution is 0.102. The number of carbonyl (C=O) groups is 1. The average molecular weight is 387 g/mol. The van der Waals surface area contributed by atoms with Gasteiger partial charge in [0.1, 0.15) is 15.6 Å². The minimum atomic E-state index is -0.221. The highest BCUT2D eigenvalue weighted by atomic mass is 32.1. The predicted octanol–water partition coefficient (Wildman–Crippen LogP) is 5.56. The number of thiazole rings is 1. The van der Waals surface area contributed by atoms with Crippen LogP contribution in [0.3, 0.4) is 0 Å². The zero-order valence-corrected chi connectivity index (χ0v) is 15.9. The molecule has 0 saturated carbocycles. The molecule has 0 saturated heterocycles. The number of nitrogens with one attached hydrogen (secondary N) is 1. The van der Waals surface area contributed by atoms with Gasteiger partial charge in [0.25, 0.3) is 5.91 Å². The molecule has 0 fully saturated rings. The van der Waals surface area contributed by atoms with Gasteiger partial charge in [-0.3, -0.25) is 9.78 Å². The van der Waals surface area contributed by atoms with Gasteiger partial charge in [-0.1, -0.05) is 36.4 Å². The Kier molecular flexibility index (Phi) is 5.12. The number of hydrogen-bond donors (Lipinski definition) is 1. The number of nitrogens with zero attached hydrogens (tertiary/aromatic N) is 2. The van der Waals surface area contributed by atoms with Gasteiger partial charge in [0.05, 0.1) is 17.1 Å². The van der Waals surface area contributed by atoms with Gasteiger partial charge in [-0.2, -0.15) is 0 Å². The van der Waals surface area contributed by atoms with E-state index in [1.807, 2.05) is 79.7 Å². The molecule has 5 nitrogen and oxygen atoms in total. The molecule has 0 spiro atoms. The number of pyridine rings is 1. The van der Waals surface area contributed by atoms with E-state index in [9.17, 15) is 4.79 Å². The van der Waals surface area contributed by atoms with Crippen molar-refractivity contribution in [1.29, 1.82) is 0 Å². The Labute approximate surface area is 166 Å². The summed E-state index contributed by atoms with van der Waals surface area (Å²) in [6, 6.07) is 22.4. The van der Waals surface area contributed by atoms with Crippen LogP contribution in [0.15, 0.2) is 79.0 Å². The van der Waals surface area contributed by atoms with Gasteiger partial charge in [0.15, 0.2) is 5.75 Å². The van der Waals surface area contributed by atoms with Crippen LogP contribution in [0.25, 0.3) is 10.7 Å². The fourth-order valence-electron chi connectivity index (χ4n) is 2.66. The molecule has 0 unspecified atom stereocenters. The third-order valence-electron chi connectivity index (χ3n) is 3.99. The summed E-state index contributed by atoms with van der Waals surface area (Å²) in [6.07, 6.45) is 1.71. The van der Waals surface area contributed by atoms with Crippen LogP contribution in [-0.2, 0) is 0 Å². The van der Waals surface area contributed by atoms with Crippen LogP contribution in [0.2, 0.25) is 0 Å². The molecule has 1 N–H and O–H groups in total. The zero-order valence-electron chi connectivity index (χ0n) is 15.1. The molecule has 4 aromatic rings. The highest BCUT2D eigenvalue weighted by Gasteiger charge is 2.18. The molecule has 6 heteroatoms. The molecular formula is C22H17N3O2S. The Balaban J connectivity index is 1.57. The number of carbonyl (C=O) groups excluding carboxylic acids is 1. The van der Waals surface area contributed by atoms with Crippen molar-refractivity contribution in [1.82, 2.24) is 9.97 Å². The van der Waals surface area contributed by atoms with E-state index < -0.39 is 0 Å². The number of ether oxygens (including phenoxy) is 1. The quantitative estimate of drug-likeness (QED) is 0.487. The summed E-state index contributed by atoms with van der Waals surface area (Å²) in [7, 11) is 0. The Bertz CT molecular complexity index is 1100. The second-order valence-electron chi connectivity index (χ2n) is 6.01. The molecule has 0 radical (unpaired) electrons. The first-order valence-electron chi connectivity index (χ1n) is 8.73. The van der Waals surface area contributed by atoms with E-state index in [1.54, 1.807) is 6.20 Å². The molecule has 0 aliphatic rings. The van der Waals surface area contributed by atoms with E-state index in [4.69, 9.17) is 4.74 Å². The van der Waals surface area contributed by atoms with Crippen molar-refractivity contribution >= 4 is 22.9 Å². The number of aryl methyl sites for hydroxylation is 1. The number of rotatable bonds is 5. The molecule has 2 heterocycles. The van der Waals surface area contributed by atoms with Gasteiger partial charge in [-0.25, -0.2) is 4.98 Å². The van der Waals surface area contributed by atoms with Gasteiger partial charge in [0, 0.05) is 6.20 Å². The van der Waals surface area contributed by atoms with Crippen molar-refractivity contribution in [3.8, 4) is 22.2 Å². The fraction of sp³-hybridized carbons (Fsp3) is 0.0455. The van der Waals surface area contributed by atoms with E-state index in [-0.39, 0.29) is 5.91 Å². The fourth-order valence-corrected chi connectivity index (χ4v) is 3.60. The third-order valence-corrected chi connectivity index (χ3v) is 5.17. The molecule has 4 rings (SSSR count). The van der Waals surface area contributed by atoms with Crippen molar-refractivity contribution in [2.75, 3.05) is 5.32 Å². The Morgan fingerprint density at radius 1 is 0.964 bits per heavy atom. The lowest BCUT2D eigenvalue weighted by atomic mass is 10.2. The van der Waals surface area contributed by atoms with E-state index in [2.05, 4.69) is 15.3 Å². The van der Waals surface area contributed by atoms with Gasteiger partial charge >= 0.3 is 0 Å². The summed E-state index contributed by atoms with van der Waals surface area (Å²) in [6.45, 7) is 1.82. The number of hydrogen-bond acceptors (Lipinski definition) is 5. The Morgan fingerprint density at radius 2 is 1.71 bits per heavy atom. The maximum atomic E-state index is 12.9. The topological polar surface area (TPSA) is 64.1 Å². The van der Waals surface area contributed by atoms with Gasteiger partial charge in [-0.05, 0) is 43.3 Å². The highest BCUT2D eigenvalue weighted by molar-refractivity contribution is 7.17. The first-order chi connectivity index (χ1) is 13.7. The maximum absolute atomic E-state index is 12.9. The van der Waals surface area contributed by atoms with E-state index in [0.717, 1.165) is 10.7 Å². The monoisotopic (exact) mass is 387 g/mol. The standard InChI is InChI=1S/C22H17N3O2S/c1-15-20(28-22(24-15)18-12-7-8-14-23-18)21(26)25-17-11-5-6-13-19(17)27-16-9-3-2-4-10-16/h2-14H,1H3,(H,25,26). The number of benzene rings is 2. The van der Waals surface area contributed by atoms with E-state index in [1.165, 1.54) is 11.3 Å². The van der Waals surface area contributed by atoms with Gasteiger partial charge in [0.2, 0.25) is 0 Å². The lowest BCUT2D eigenvalue weighted by Gasteiger charge is -2.11. The molecular weight excluding hydrogens is 370 g/mol. The average Bonchev–Trinajstić information content (AvgIpc) is 3.13. The van der Waals surface area contributed by atoms with Crippen LogP contribution < -0.4 is 10.1 Å². The van der Waals surface area contributed by atoms with Crippen molar-refractivity contribution in [3.05, 3.63) is 89.6 Å². The highest BCUT2D eigenvalue weighted by Crippen LogP contribution is 2.31. The first kappa shape index (κ1) is 17.9. The van der Waals surface area contributed by atoms with Crippen LogP contribution in [0.1, 0.15) is 15.4 Å². The van der Waals surface area contributed by atoms with E-state index >= 15 is 0 Å². The molecule has 0 aliphatic heterocycles. The lowest BCUT2D eigenvalue weighted by Crippen LogP contribution is -2.12. The SMILES string of the molecule is Cc1nc(-c2ccccn2)sc1C(=O)Nc1ccccc1Oc1ccccc1. The predicted molar refractivity (Wildman–Crippen MR) is 111 cm³/mol. The molecule has 2 aromatic heterocycles. The normalized spacial score (nSPS) is 10.5. The third kappa shape index (κ3) is 3.92. The van der Waals surface area contributed by atoms with Crippen LogP contribution in [-0.4, -0.2) is 15.9 Å². The van der Waals surface area contributed by atoms with Crippen molar-refractivity contribution < 1.29 is 9.53 Å². The van der Waals surface area contributed by atoms with Crippen LogP contribution in [0, 0.1) is 6.92 Å². The number of aromatic nitrogens is 2. The molecule has 0 bridgehead atoms. The smallest absolute Gasteiger partial charge is 0.267 e. The van der Waals surface area contributed by atoms with Crippen molar-refractivity contribution in [2.45, 2.75) is 6.92 Å². The van der Waals surface area contributed by atoms with Gasteiger partial charge in [-0.15, -0.1) is 11.3 Å². The molecule has 28 heavy (non-hydrogen) atoms. The molecule has 138 valence electrons. The number of para-hydroxylation sites is 3. The summed E-state index contributed by atoms with van der Waals surface area (Å²) >= 11 is 1.32.